The van der Waals surface area contributed by atoms with Crippen molar-refractivity contribution in [1.29, 1.82) is 0 Å². The van der Waals surface area contributed by atoms with Crippen LogP contribution < -0.4 is 4.74 Å². The smallest absolute Gasteiger partial charge is 0.269 e. The molecule has 1 heterocycles. The maximum atomic E-state index is 10.8. The zero-order valence-corrected chi connectivity index (χ0v) is 13.4. The average Bonchev–Trinajstić information content (AvgIpc) is 3.10. The van der Waals surface area contributed by atoms with Crippen LogP contribution in [0.5, 0.6) is 5.75 Å². The lowest BCUT2D eigenvalue weighted by Crippen LogP contribution is -1.97. The van der Waals surface area contributed by atoms with Gasteiger partial charge < -0.3 is 14.0 Å². The second-order valence-corrected chi connectivity index (χ2v) is 5.18. The van der Waals surface area contributed by atoms with Gasteiger partial charge in [0.15, 0.2) is 0 Å². The zero-order valence-electron chi connectivity index (χ0n) is 13.4. The second kappa shape index (κ2) is 7.54. The number of nitrogens with zero attached hydrogens (tertiary/aromatic N) is 3. The van der Waals surface area contributed by atoms with Gasteiger partial charge in [-0.3, -0.25) is 10.1 Å². The summed E-state index contributed by atoms with van der Waals surface area (Å²) in [6.45, 7) is 0.499. The fourth-order valence-corrected chi connectivity index (χ4v) is 2.18. The molecule has 0 aliphatic heterocycles. The third-order valence-electron chi connectivity index (χ3n) is 3.38. The van der Waals surface area contributed by atoms with Crippen LogP contribution in [0, 0.1) is 10.1 Å². The van der Waals surface area contributed by atoms with Crippen molar-refractivity contribution >= 4 is 5.69 Å². The summed E-state index contributed by atoms with van der Waals surface area (Å²) >= 11 is 0. The van der Waals surface area contributed by atoms with Gasteiger partial charge in [0, 0.05) is 24.8 Å². The number of aromatic nitrogens is 2. The third kappa shape index (κ3) is 4.18. The average molecular weight is 341 g/mol. The topological polar surface area (TPSA) is 101 Å². The summed E-state index contributed by atoms with van der Waals surface area (Å²) < 4.78 is 15.6. The van der Waals surface area contributed by atoms with Gasteiger partial charge in [0.1, 0.15) is 19.0 Å². The second-order valence-electron chi connectivity index (χ2n) is 5.18. The third-order valence-corrected chi connectivity index (χ3v) is 3.38. The van der Waals surface area contributed by atoms with Crippen molar-refractivity contribution in [2.75, 3.05) is 7.11 Å². The van der Waals surface area contributed by atoms with E-state index in [1.807, 2.05) is 12.1 Å². The van der Waals surface area contributed by atoms with E-state index in [9.17, 15) is 10.1 Å². The summed E-state index contributed by atoms with van der Waals surface area (Å²) in [5.74, 6) is 1.51. The van der Waals surface area contributed by atoms with Gasteiger partial charge in [0.25, 0.3) is 11.6 Å². The number of hydrogen-bond acceptors (Lipinski definition) is 7. The Bertz CT molecular complexity index is 861. The van der Waals surface area contributed by atoms with Crippen LogP contribution in [0.4, 0.5) is 5.69 Å². The van der Waals surface area contributed by atoms with Crippen LogP contribution in [0.15, 0.2) is 53.1 Å². The molecule has 0 radical (unpaired) electrons. The lowest BCUT2D eigenvalue weighted by Gasteiger charge is -2.06. The Morgan fingerprint density at radius 2 is 1.96 bits per heavy atom. The molecule has 0 saturated heterocycles. The van der Waals surface area contributed by atoms with Gasteiger partial charge in [0.05, 0.1) is 4.92 Å². The first-order valence-corrected chi connectivity index (χ1v) is 7.44. The Morgan fingerprint density at radius 3 is 2.68 bits per heavy atom. The highest BCUT2D eigenvalue weighted by molar-refractivity contribution is 5.55. The minimum Gasteiger partial charge on any atom is -0.489 e. The van der Waals surface area contributed by atoms with E-state index < -0.39 is 4.92 Å². The zero-order chi connectivity index (χ0) is 17.6. The number of ether oxygens (including phenoxy) is 2. The molecule has 0 unspecified atom stereocenters. The van der Waals surface area contributed by atoms with Crippen molar-refractivity contribution in [1.82, 2.24) is 10.1 Å². The Labute approximate surface area is 143 Å². The highest BCUT2D eigenvalue weighted by Crippen LogP contribution is 2.21. The first-order chi connectivity index (χ1) is 12.2. The predicted octanol–water partition coefficient (Wildman–Crippen LogP) is 3.37. The van der Waals surface area contributed by atoms with Crippen molar-refractivity contribution in [3.63, 3.8) is 0 Å². The lowest BCUT2D eigenvalue weighted by molar-refractivity contribution is -0.384. The molecule has 8 heteroatoms. The fraction of sp³-hybridized carbons (Fsp3) is 0.176. The van der Waals surface area contributed by atoms with Gasteiger partial charge >= 0.3 is 0 Å². The van der Waals surface area contributed by atoms with Gasteiger partial charge in [-0.1, -0.05) is 17.3 Å². The molecule has 0 spiro atoms. The molecule has 0 N–H and O–H groups in total. The summed E-state index contributed by atoms with van der Waals surface area (Å²) in [4.78, 5) is 14.6. The van der Waals surface area contributed by atoms with Gasteiger partial charge in [-0.05, 0) is 29.8 Å². The first-order valence-electron chi connectivity index (χ1n) is 7.44. The van der Waals surface area contributed by atoms with E-state index in [1.54, 1.807) is 31.4 Å². The number of rotatable bonds is 7. The van der Waals surface area contributed by atoms with Crippen LogP contribution in [-0.2, 0) is 18.0 Å². The molecule has 3 aromatic rings. The summed E-state index contributed by atoms with van der Waals surface area (Å²) in [7, 11) is 1.55. The molecule has 0 atom stereocenters. The molecule has 0 fully saturated rings. The standard InChI is InChI=1S/C17H15N3O5/c1-23-11-16-18-17(19-25-16)13-5-7-15(8-6-13)24-10-12-3-2-4-14(9-12)20(21)22/h2-9H,10-11H2,1H3. The highest BCUT2D eigenvalue weighted by Gasteiger charge is 2.09. The highest BCUT2D eigenvalue weighted by atomic mass is 16.6. The van der Waals surface area contributed by atoms with E-state index in [0.717, 1.165) is 11.1 Å². The summed E-state index contributed by atoms with van der Waals surface area (Å²) in [5, 5.41) is 14.7. The molecule has 25 heavy (non-hydrogen) atoms. The first kappa shape index (κ1) is 16.6. The van der Waals surface area contributed by atoms with Crippen molar-refractivity contribution in [3.8, 4) is 17.1 Å². The van der Waals surface area contributed by atoms with Gasteiger partial charge in [-0.2, -0.15) is 4.98 Å². The molecular weight excluding hydrogens is 326 g/mol. The number of benzene rings is 2. The predicted molar refractivity (Wildman–Crippen MR) is 87.9 cm³/mol. The maximum Gasteiger partial charge on any atom is 0.269 e. The molecule has 3 rings (SSSR count). The minimum absolute atomic E-state index is 0.0421. The van der Waals surface area contributed by atoms with Crippen molar-refractivity contribution in [3.05, 3.63) is 70.1 Å². The van der Waals surface area contributed by atoms with E-state index in [4.69, 9.17) is 14.0 Å². The fourth-order valence-electron chi connectivity index (χ4n) is 2.18. The Kier molecular flexibility index (Phi) is 5.00. The Morgan fingerprint density at radius 1 is 1.16 bits per heavy atom. The van der Waals surface area contributed by atoms with Crippen LogP contribution in [0.3, 0.4) is 0 Å². The van der Waals surface area contributed by atoms with Crippen LogP contribution >= 0.6 is 0 Å². The number of nitro groups is 1. The number of non-ortho nitro benzene ring substituents is 1. The van der Waals surface area contributed by atoms with Crippen molar-refractivity contribution in [2.45, 2.75) is 13.2 Å². The number of methoxy groups -OCH3 is 1. The summed E-state index contributed by atoms with van der Waals surface area (Å²) in [6, 6.07) is 13.5. The van der Waals surface area contributed by atoms with E-state index in [-0.39, 0.29) is 18.9 Å². The van der Waals surface area contributed by atoms with Gasteiger partial charge in [0.2, 0.25) is 5.82 Å². The number of nitro benzene ring substituents is 1. The Hall–Kier alpha value is -3.26. The maximum absolute atomic E-state index is 10.8. The van der Waals surface area contributed by atoms with Crippen molar-refractivity contribution < 1.29 is 18.9 Å². The molecular formula is C17H15N3O5. The molecule has 0 aliphatic rings. The SMILES string of the molecule is COCc1nc(-c2ccc(OCc3cccc([N+](=O)[O-])c3)cc2)no1. The van der Waals surface area contributed by atoms with Gasteiger partial charge in [-0.15, -0.1) is 0 Å². The van der Waals surface area contributed by atoms with Crippen LogP contribution in [0.1, 0.15) is 11.5 Å². The van der Waals surface area contributed by atoms with E-state index >= 15 is 0 Å². The lowest BCUT2D eigenvalue weighted by atomic mass is 10.2. The number of hydrogen-bond donors (Lipinski definition) is 0. The molecule has 1 aromatic heterocycles. The normalized spacial score (nSPS) is 10.6. The van der Waals surface area contributed by atoms with Crippen molar-refractivity contribution in [2.24, 2.45) is 0 Å². The van der Waals surface area contributed by atoms with Gasteiger partial charge in [-0.25, -0.2) is 0 Å². The molecule has 0 aliphatic carbocycles. The van der Waals surface area contributed by atoms with Crippen LogP contribution in [0.2, 0.25) is 0 Å². The minimum atomic E-state index is -0.430. The van der Waals surface area contributed by atoms with Crippen LogP contribution in [-0.4, -0.2) is 22.2 Å². The molecule has 0 amide bonds. The molecule has 0 bridgehead atoms. The summed E-state index contributed by atoms with van der Waals surface area (Å²) in [6.07, 6.45) is 0. The molecule has 0 saturated carbocycles. The largest absolute Gasteiger partial charge is 0.489 e. The Balaban J connectivity index is 1.64. The molecule has 2 aromatic carbocycles. The summed E-state index contributed by atoms with van der Waals surface area (Å²) in [5.41, 5.74) is 1.55. The monoisotopic (exact) mass is 341 g/mol. The quantitative estimate of drug-likeness (QED) is 0.479. The van der Waals surface area contributed by atoms with E-state index in [1.165, 1.54) is 12.1 Å². The van der Waals surface area contributed by atoms with E-state index in [0.29, 0.717) is 17.5 Å². The molecule has 128 valence electrons. The van der Waals surface area contributed by atoms with Crippen LogP contribution in [0.25, 0.3) is 11.4 Å². The van der Waals surface area contributed by atoms with E-state index in [2.05, 4.69) is 10.1 Å². The molecule has 8 nitrogen and oxygen atoms in total.